The van der Waals surface area contributed by atoms with E-state index in [9.17, 15) is 0 Å². The smallest absolute Gasteiger partial charge is 0.216 e. The van der Waals surface area contributed by atoms with Crippen molar-refractivity contribution in [3.05, 3.63) is 36.0 Å². The summed E-state index contributed by atoms with van der Waals surface area (Å²) >= 11 is 0. The summed E-state index contributed by atoms with van der Waals surface area (Å²) in [6.07, 6.45) is 1.49. The molecule has 9 nitrogen and oxygen atoms in total. The highest BCUT2D eigenvalue weighted by atomic mass is 16.6. The molecule has 0 fully saturated rings. The van der Waals surface area contributed by atoms with Crippen LogP contribution in [-0.4, -0.2) is 30.1 Å². The van der Waals surface area contributed by atoms with Gasteiger partial charge in [0.15, 0.2) is 17.3 Å². The Morgan fingerprint density at radius 2 is 2.04 bits per heavy atom. The monoisotopic (exact) mass is 325 g/mol. The molecule has 0 atom stereocenters. The first-order valence-electron chi connectivity index (χ1n) is 7.55. The number of fused-ring (bicyclic) bond motifs is 1. The Bertz CT molecular complexity index is 985. The van der Waals surface area contributed by atoms with Gasteiger partial charge in [0, 0.05) is 19.9 Å². The maximum Gasteiger partial charge on any atom is 0.216 e. The topological polar surface area (TPSA) is 122 Å². The molecule has 0 bridgehead atoms. The van der Waals surface area contributed by atoms with Crippen molar-refractivity contribution < 1.29 is 9.05 Å². The number of hydrogen-bond acceptors (Lipinski definition) is 8. The van der Waals surface area contributed by atoms with Crippen molar-refractivity contribution in [2.24, 2.45) is 0 Å². The van der Waals surface area contributed by atoms with Crippen LogP contribution in [-0.2, 0) is 13.0 Å². The second-order valence-electron chi connectivity index (χ2n) is 5.39. The minimum atomic E-state index is 0.221. The molecule has 0 saturated carbocycles. The minimum Gasteiger partial charge on any atom is -0.426 e. The Balaban J connectivity index is 1.66. The lowest BCUT2D eigenvalue weighted by molar-refractivity contribution is 0.310. The summed E-state index contributed by atoms with van der Waals surface area (Å²) in [4.78, 5) is 4.61. The van der Waals surface area contributed by atoms with Crippen LogP contribution in [0.25, 0.3) is 22.6 Å². The Labute approximate surface area is 136 Å². The van der Waals surface area contributed by atoms with E-state index >= 15 is 0 Å². The Hall–Kier alpha value is -3.23. The molecule has 0 aliphatic rings. The van der Waals surface area contributed by atoms with Gasteiger partial charge in [-0.1, -0.05) is 12.1 Å². The molecule has 3 heterocycles. The lowest BCUT2D eigenvalue weighted by Gasteiger charge is -2.06. The molecule has 0 radical (unpaired) electrons. The second-order valence-corrected chi connectivity index (χ2v) is 5.39. The average Bonchev–Trinajstić information content (AvgIpc) is 3.27. The highest BCUT2D eigenvalue weighted by molar-refractivity contribution is 5.81. The second kappa shape index (κ2) is 5.76. The van der Waals surface area contributed by atoms with Crippen molar-refractivity contribution in [3.8, 4) is 11.5 Å². The predicted octanol–water partition coefficient (Wildman–Crippen LogP) is 1.99. The fourth-order valence-electron chi connectivity index (χ4n) is 2.66. The molecule has 0 unspecified atom stereocenters. The summed E-state index contributed by atoms with van der Waals surface area (Å²) in [5.41, 5.74) is 8.14. The van der Waals surface area contributed by atoms with Crippen molar-refractivity contribution in [2.75, 3.05) is 5.73 Å². The van der Waals surface area contributed by atoms with E-state index in [1.807, 2.05) is 24.3 Å². The maximum atomic E-state index is 5.83. The van der Waals surface area contributed by atoms with Gasteiger partial charge in [-0.05, 0) is 28.9 Å². The number of aromatic nitrogens is 6. The van der Waals surface area contributed by atoms with Gasteiger partial charge in [-0.3, -0.25) is 0 Å². The molecule has 9 heteroatoms. The van der Waals surface area contributed by atoms with Gasteiger partial charge in [-0.15, -0.1) is 10.2 Å². The Morgan fingerprint density at radius 1 is 1.17 bits per heavy atom. The number of nitrogen functional groups attached to an aromatic ring is 1. The molecule has 2 N–H and O–H groups in total. The average molecular weight is 325 g/mol. The highest BCUT2D eigenvalue weighted by Gasteiger charge is 2.18. The van der Waals surface area contributed by atoms with Crippen molar-refractivity contribution >= 4 is 16.9 Å². The molecular formula is C15H15N7O2. The van der Waals surface area contributed by atoms with Crippen molar-refractivity contribution in [3.63, 3.8) is 0 Å². The quantitative estimate of drug-likeness (QED) is 0.591. The Kier molecular flexibility index (Phi) is 3.45. The first-order chi connectivity index (χ1) is 11.7. The number of nitrogens with zero attached hydrogens (tertiary/aromatic N) is 6. The molecule has 3 aromatic heterocycles. The third-order valence-corrected chi connectivity index (χ3v) is 3.72. The van der Waals surface area contributed by atoms with E-state index in [2.05, 4.69) is 30.1 Å². The van der Waals surface area contributed by atoms with E-state index in [0.717, 1.165) is 17.5 Å². The fourth-order valence-corrected chi connectivity index (χ4v) is 2.66. The van der Waals surface area contributed by atoms with E-state index in [1.165, 1.54) is 0 Å². The normalized spacial score (nSPS) is 11.4. The number of aryl methyl sites for hydroxylation is 3. The van der Waals surface area contributed by atoms with Crippen LogP contribution in [0, 0.1) is 6.92 Å². The zero-order chi connectivity index (χ0) is 16.5. The van der Waals surface area contributed by atoms with E-state index in [-0.39, 0.29) is 5.82 Å². The molecule has 0 aliphatic carbocycles. The molecule has 0 aliphatic heterocycles. The highest BCUT2D eigenvalue weighted by Crippen LogP contribution is 2.26. The van der Waals surface area contributed by atoms with Crippen LogP contribution in [0.15, 0.2) is 33.3 Å². The van der Waals surface area contributed by atoms with Gasteiger partial charge in [0.1, 0.15) is 0 Å². The molecule has 4 rings (SSSR count). The first kappa shape index (κ1) is 14.4. The van der Waals surface area contributed by atoms with Crippen molar-refractivity contribution in [1.29, 1.82) is 0 Å². The number of para-hydroxylation sites is 2. The molecule has 0 saturated heterocycles. The van der Waals surface area contributed by atoms with Crippen LogP contribution in [0.3, 0.4) is 0 Å². The molecule has 122 valence electrons. The zero-order valence-electron chi connectivity index (χ0n) is 13.0. The number of nitrogens with two attached hydrogens (primary N) is 1. The Morgan fingerprint density at radius 3 is 2.79 bits per heavy atom. The standard InChI is InChI=1S/C15H15N7O2/c1-9-18-19-12(23-9)7-4-8-22-11-6-3-2-5-10(11)17-15(22)13-14(16)21-24-20-13/h2-3,5-6H,4,7-8H2,1H3,(H2,16,21). The van der Waals surface area contributed by atoms with E-state index in [0.29, 0.717) is 36.3 Å². The minimum absolute atomic E-state index is 0.221. The number of benzene rings is 1. The predicted molar refractivity (Wildman–Crippen MR) is 84.8 cm³/mol. The number of imidazole rings is 1. The van der Waals surface area contributed by atoms with Gasteiger partial charge in [-0.25, -0.2) is 9.61 Å². The molecule has 1 aromatic carbocycles. The number of hydrogen-bond donors (Lipinski definition) is 1. The van der Waals surface area contributed by atoms with Gasteiger partial charge in [0.05, 0.1) is 11.0 Å². The molecular weight excluding hydrogens is 310 g/mol. The van der Waals surface area contributed by atoms with Gasteiger partial charge < -0.3 is 14.7 Å². The number of anilines is 1. The third kappa shape index (κ3) is 2.49. The van der Waals surface area contributed by atoms with Gasteiger partial charge >= 0.3 is 0 Å². The van der Waals surface area contributed by atoms with Crippen LogP contribution in [0.4, 0.5) is 5.82 Å². The molecule has 4 aromatic rings. The third-order valence-electron chi connectivity index (χ3n) is 3.72. The summed E-state index contributed by atoms with van der Waals surface area (Å²) in [7, 11) is 0. The zero-order valence-corrected chi connectivity index (χ0v) is 13.0. The van der Waals surface area contributed by atoms with Crippen LogP contribution in [0.2, 0.25) is 0 Å². The van der Waals surface area contributed by atoms with Gasteiger partial charge in [0.2, 0.25) is 11.8 Å². The summed E-state index contributed by atoms with van der Waals surface area (Å²) in [5, 5.41) is 15.4. The summed E-state index contributed by atoms with van der Waals surface area (Å²) < 4.78 is 12.2. The van der Waals surface area contributed by atoms with Crippen LogP contribution in [0.5, 0.6) is 0 Å². The van der Waals surface area contributed by atoms with Crippen LogP contribution in [0.1, 0.15) is 18.2 Å². The molecule has 0 amide bonds. The van der Waals surface area contributed by atoms with E-state index in [4.69, 9.17) is 14.8 Å². The molecule has 24 heavy (non-hydrogen) atoms. The van der Waals surface area contributed by atoms with Gasteiger partial charge in [-0.2, -0.15) is 0 Å². The maximum absolute atomic E-state index is 5.83. The number of rotatable bonds is 5. The van der Waals surface area contributed by atoms with E-state index in [1.54, 1.807) is 6.92 Å². The lowest BCUT2D eigenvalue weighted by Crippen LogP contribution is -2.04. The summed E-state index contributed by atoms with van der Waals surface area (Å²) in [6.45, 7) is 2.47. The van der Waals surface area contributed by atoms with Crippen LogP contribution >= 0.6 is 0 Å². The van der Waals surface area contributed by atoms with Crippen molar-refractivity contribution in [2.45, 2.75) is 26.3 Å². The SMILES string of the molecule is Cc1nnc(CCCn2c(-c3nonc3N)nc3ccccc32)o1. The van der Waals surface area contributed by atoms with Crippen LogP contribution < -0.4 is 5.73 Å². The largest absolute Gasteiger partial charge is 0.426 e. The lowest BCUT2D eigenvalue weighted by atomic mass is 10.2. The van der Waals surface area contributed by atoms with Gasteiger partial charge in [0.25, 0.3) is 0 Å². The summed E-state index contributed by atoms with van der Waals surface area (Å²) in [5.74, 6) is 2.05. The van der Waals surface area contributed by atoms with E-state index < -0.39 is 0 Å². The summed E-state index contributed by atoms with van der Waals surface area (Å²) in [6, 6.07) is 7.86. The molecule has 0 spiro atoms. The first-order valence-corrected chi connectivity index (χ1v) is 7.55. The fraction of sp³-hybridized carbons (Fsp3) is 0.267. The van der Waals surface area contributed by atoms with Crippen molar-refractivity contribution in [1.82, 2.24) is 30.1 Å².